The third kappa shape index (κ3) is 1.20. The maximum absolute atomic E-state index is 6.94. The molecule has 0 radical (unpaired) electrons. The average molecular weight is 163 g/mol. The lowest BCUT2D eigenvalue weighted by Gasteiger charge is -1.98. The standard InChI is InChI=1S/C9H13N3/c1-6(10-4)9-7(2)11-12(5)8(9)3/h6H,1-3,5H3. The van der Waals surface area contributed by atoms with Crippen LogP contribution in [0, 0.1) is 20.4 Å². The third-order valence-corrected chi connectivity index (χ3v) is 2.18. The number of rotatable bonds is 1. The summed E-state index contributed by atoms with van der Waals surface area (Å²) in [5.74, 6) is 0. The van der Waals surface area contributed by atoms with Crippen LogP contribution in [0.3, 0.4) is 0 Å². The fourth-order valence-electron chi connectivity index (χ4n) is 1.46. The Morgan fingerprint density at radius 3 is 2.42 bits per heavy atom. The number of aryl methyl sites for hydroxylation is 2. The molecule has 3 nitrogen and oxygen atoms in total. The van der Waals surface area contributed by atoms with Crippen molar-refractivity contribution in [2.75, 3.05) is 0 Å². The van der Waals surface area contributed by atoms with E-state index in [1.807, 2.05) is 32.5 Å². The summed E-state index contributed by atoms with van der Waals surface area (Å²) in [7, 11) is 1.91. The summed E-state index contributed by atoms with van der Waals surface area (Å²) >= 11 is 0. The van der Waals surface area contributed by atoms with Crippen LogP contribution in [0.4, 0.5) is 0 Å². The highest BCUT2D eigenvalue weighted by atomic mass is 15.3. The molecule has 0 spiro atoms. The smallest absolute Gasteiger partial charge is 0.249 e. The van der Waals surface area contributed by atoms with Gasteiger partial charge < -0.3 is 4.85 Å². The number of hydrogen-bond donors (Lipinski definition) is 0. The van der Waals surface area contributed by atoms with E-state index in [0.717, 1.165) is 17.0 Å². The average Bonchev–Trinajstić information content (AvgIpc) is 2.26. The van der Waals surface area contributed by atoms with E-state index in [9.17, 15) is 0 Å². The topological polar surface area (TPSA) is 22.2 Å². The SMILES string of the molecule is [C-]#[N+]C(C)c1c(C)nn(C)c1C. The Bertz CT molecular complexity index is 330. The van der Waals surface area contributed by atoms with Crippen molar-refractivity contribution in [3.8, 4) is 0 Å². The van der Waals surface area contributed by atoms with Gasteiger partial charge in [0.1, 0.15) is 0 Å². The van der Waals surface area contributed by atoms with E-state index in [1.165, 1.54) is 0 Å². The molecular weight excluding hydrogens is 150 g/mol. The van der Waals surface area contributed by atoms with E-state index in [2.05, 4.69) is 9.94 Å². The van der Waals surface area contributed by atoms with Crippen LogP contribution >= 0.6 is 0 Å². The number of nitrogens with zero attached hydrogens (tertiary/aromatic N) is 3. The van der Waals surface area contributed by atoms with Crippen molar-refractivity contribution >= 4 is 0 Å². The van der Waals surface area contributed by atoms with E-state index in [0.29, 0.717) is 0 Å². The van der Waals surface area contributed by atoms with Crippen LogP contribution in [0.1, 0.15) is 29.9 Å². The van der Waals surface area contributed by atoms with Gasteiger partial charge in [0.2, 0.25) is 6.04 Å². The minimum absolute atomic E-state index is 0.0706. The first-order valence-corrected chi connectivity index (χ1v) is 3.94. The quantitative estimate of drug-likeness (QED) is 0.580. The van der Waals surface area contributed by atoms with Gasteiger partial charge in [0, 0.05) is 19.7 Å². The van der Waals surface area contributed by atoms with Gasteiger partial charge in [-0.1, -0.05) is 0 Å². The monoisotopic (exact) mass is 163 g/mol. The van der Waals surface area contributed by atoms with Crippen molar-refractivity contribution in [3.63, 3.8) is 0 Å². The van der Waals surface area contributed by atoms with Crippen LogP contribution in [0.25, 0.3) is 4.85 Å². The van der Waals surface area contributed by atoms with E-state index in [1.54, 1.807) is 0 Å². The first-order valence-electron chi connectivity index (χ1n) is 3.94. The van der Waals surface area contributed by atoms with Crippen LogP contribution < -0.4 is 0 Å². The summed E-state index contributed by atoms with van der Waals surface area (Å²) in [5, 5.41) is 4.25. The van der Waals surface area contributed by atoms with E-state index in [4.69, 9.17) is 6.57 Å². The van der Waals surface area contributed by atoms with Crippen LogP contribution in [-0.2, 0) is 7.05 Å². The highest BCUT2D eigenvalue weighted by Gasteiger charge is 2.18. The molecule has 0 saturated carbocycles. The fraction of sp³-hybridized carbons (Fsp3) is 0.556. The summed E-state index contributed by atoms with van der Waals surface area (Å²) < 4.78 is 1.83. The molecule has 1 heterocycles. The maximum atomic E-state index is 6.94. The molecule has 1 aromatic heterocycles. The Morgan fingerprint density at radius 2 is 2.08 bits per heavy atom. The Balaban J connectivity index is 3.24. The highest BCUT2D eigenvalue weighted by Crippen LogP contribution is 2.23. The van der Waals surface area contributed by atoms with Crippen LogP contribution in [0.5, 0.6) is 0 Å². The minimum atomic E-state index is -0.0706. The zero-order chi connectivity index (χ0) is 9.30. The predicted molar refractivity (Wildman–Crippen MR) is 47.7 cm³/mol. The van der Waals surface area contributed by atoms with Gasteiger partial charge in [-0.3, -0.25) is 4.68 Å². The summed E-state index contributed by atoms with van der Waals surface area (Å²) in [6.07, 6.45) is 0. The molecule has 0 saturated heterocycles. The maximum Gasteiger partial charge on any atom is 0.249 e. The molecule has 3 heteroatoms. The van der Waals surface area contributed by atoms with E-state index < -0.39 is 0 Å². The summed E-state index contributed by atoms with van der Waals surface area (Å²) in [6.45, 7) is 12.8. The zero-order valence-electron chi connectivity index (χ0n) is 7.92. The van der Waals surface area contributed by atoms with Gasteiger partial charge in [0.05, 0.1) is 11.3 Å². The molecule has 0 fully saturated rings. The zero-order valence-corrected chi connectivity index (χ0v) is 7.92. The Hall–Kier alpha value is -1.30. The van der Waals surface area contributed by atoms with E-state index in [-0.39, 0.29) is 6.04 Å². The van der Waals surface area contributed by atoms with Gasteiger partial charge in [0.25, 0.3) is 0 Å². The first-order chi connectivity index (χ1) is 5.57. The predicted octanol–water partition coefficient (Wildman–Crippen LogP) is 2.02. The first kappa shape index (κ1) is 8.79. The molecule has 0 aliphatic rings. The lowest BCUT2D eigenvalue weighted by atomic mass is 10.1. The lowest BCUT2D eigenvalue weighted by Crippen LogP contribution is -1.95. The molecular formula is C9H13N3. The second kappa shape index (κ2) is 2.98. The Labute approximate surface area is 72.8 Å². The van der Waals surface area contributed by atoms with Crippen LogP contribution in [0.2, 0.25) is 0 Å². The number of hydrogen-bond acceptors (Lipinski definition) is 1. The van der Waals surface area contributed by atoms with Gasteiger partial charge >= 0.3 is 0 Å². The minimum Gasteiger partial charge on any atom is -0.309 e. The summed E-state index contributed by atoms with van der Waals surface area (Å²) in [6, 6.07) is -0.0706. The Morgan fingerprint density at radius 1 is 1.50 bits per heavy atom. The molecule has 0 bridgehead atoms. The molecule has 0 amide bonds. The van der Waals surface area contributed by atoms with Crippen molar-refractivity contribution in [2.24, 2.45) is 7.05 Å². The van der Waals surface area contributed by atoms with Crippen LogP contribution in [-0.4, -0.2) is 9.78 Å². The summed E-state index contributed by atoms with van der Waals surface area (Å²) in [4.78, 5) is 3.49. The highest BCUT2D eigenvalue weighted by molar-refractivity contribution is 5.29. The Kier molecular flexibility index (Phi) is 2.18. The molecule has 0 aromatic carbocycles. The normalized spacial score (nSPS) is 12.6. The largest absolute Gasteiger partial charge is 0.309 e. The van der Waals surface area contributed by atoms with Crippen molar-refractivity contribution in [1.82, 2.24) is 9.78 Å². The molecule has 0 aliphatic heterocycles. The number of aromatic nitrogens is 2. The van der Waals surface area contributed by atoms with Crippen molar-refractivity contribution in [2.45, 2.75) is 26.8 Å². The molecule has 1 rings (SSSR count). The van der Waals surface area contributed by atoms with Crippen molar-refractivity contribution in [3.05, 3.63) is 28.4 Å². The van der Waals surface area contributed by atoms with Crippen molar-refractivity contribution in [1.29, 1.82) is 0 Å². The van der Waals surface area contributed by atoms with Gasteiger partial charge in [-0.15, -0.1) is 0 Å². The van der Waals surface area contributed by atoms with Gasteiger partial charge in [-0.05, 0) is 13.8 Å². The molecule has 12 heavy (non-hydrogen) atoms. The molecule has 1 unspecified atom stereocenters. The van der Waals surface area contributed by atoms with Gasteiger partial charge in [-0.2, -0.15) is 5.10 Å². The second-order valence-electron chi connectivity index (χ2n) is 3.01. The molecule has 0 N–H and O–H groups in total. The van der Waals surface area contributed by atoms with Crippen LogP contribution in [0.15, 0.2) is 0 Å². The molecule has 64 valence electrons. The van der Waals surface area contributed by atoms with Gasteiger partial charge in [-0.25, -0.2) is 6.57 Å². The van der Waals surface area contributed by atoms with Gasteiger partial charge in [0.15, 0.2) is 0 Å². The fourth-order valence-corrected chi connectivity index (χ4v) is 1.46. The second-order valence-corrected chi connectivity index (χ2v) is 3.01. The lowest BCUT2D eigenvalue weighted by molar-refractivity contribution is 0.729. The summed E-state index contributed by atoms with van der Waals surface area (Å²) in [5.41, 5.74) is 3.14. The molecule has 1 atom stereocenters. The molecule has 1 aromatic rings. The third-order valence-electron chi connectivity index (χ3n) is 2.18. The molecule has 0 aliphatic carbocycles. The van der Waals surface area contributed by atoms with E-state index >= 15 is 0 Å². The van der Waals surface area contributed by atoms with Crippen molar-refractivity contribution < 1.29 is 0 Å².